The van der Waals surface area contributed by atoms with Gasteiger partial charge in [-0.25, -0.2) is 4.79 Å². The van der Waals surface area contributed by atoms with Crippen LogP contribution in [0.1, 0.15) is 40.7 Å². The number of carbonyl (C=O) groups excluding carboxylic acids is 1. The van der Waals surface area contributed by atoms with Crippen LogP contribution in [0.4, 0.5) is 0 Å². The summed E-state index contributed by atoms with van der Waals surface area (Å²) >= 11 is 0. The van der Waals surface area contributed by atoms with Crippen LogP contribution in [0.25, 0.3) is 0 Å². The fourth-order valence-corrected chi connectivity index (χ4v) is 1.94. The third-order valence-corrected chi connectivity index (χ3v) is 2.92. The third kappa shape index (κ3) is 2.70. The van der Waals surface area contributed by atoms with Crippen molar-refractivity contribution >= 4 is 11.9 Å². The molecule has 1 amide bonds. The minimum atomic E-state index is -1.12. The van der Waals surface area contributed by atoms with Crippen LogP contribution in [-0.2, 0) is 4.74 Å². The van der Waals surface area contributed by atoms with Gasteiger partial charge in [-0.15, -0.1) is 0 Å². The van der Waals surface area contributed by atoms with E-state index in [-0.39, 0.29) is 11.3 Å². The van der Waals surface area contributed by atoms with Crippen molar-refractivity contribution in [3.63, 3.8) is 0 Å². The first-order chi connectivity index (χ1) is 8.50. The van der Waals surface area contributed by atoms with Gasteiger partial charge in [-0.3, -0.25) is 4.79 Å². The second kappa shape index (κ2) is 4.81. The summed E-state index contributed by atoms with van der Waals surface area (Å²) in [6.45, 7) is 3.05. The summed E-state index contributed by atoms with van der Waals surface area (Å²) in [6.07, 6.45) is 2.76. The van der Waals surface area contributed by atoms with Gasteiger partial charge in [-0.05, 0) is 19.8 Å². The predicted molar refractivity (Wildman–Crippen MR) is 61.6 cm³/mol. The van der Waals surface area contributed by atoms with Crippen LogP contribution in [0, 0.1) is 0 Å². The zero-order valence-corrected chi connectivity index (χ0v) is 10.1. The van der Waals surface area contributed by atoms with E-state index in [1.165, 1.54) is 6.07 Å². The molecule has 1 aliphatic heterocycles. The van der Waals surface area contributed by atoms with Gasteiger partial charge in [-0.1, -0.05) is 0 Å². The molecule has 1 atom stereocenters. The Morgan fingerprint density at radius 2 is 2.28 bits per heavy atom. The first-order valence-electron chi connectivity index (χ1n) is 5.72. The normalized spacial score (nSPS) is 23.6. The molecule has 1 fully saturated rings. The highest BCUT2D eigenvalue weighted by atomic mass is 16.5. The van der Waals surface area contributed by atoms with Crippen LogP contribution in [0.3, 0.4) is 0 Å². The van der Waals surface area contributed by atoms with Crippen molar-refractivity contribution in [3.8, 4) is 0 Å². The maximum atomic E-state index is 11.9. The van der Waals surface area contributed by atoms with E-state index in [9.17, 15) is 9.59 Å². The van der Waals surface area contributed by atoms with Gasteiger partial charge in [0.1, 0.15) is 6.26 Å². The van der Waals surface area contributed by atoms with E-state index in [1.54, 1.807) is 0 Å². The number of carboxylic acids is 1. The van der Waals surface area contributed by atoms with Gasteiger partial charge < -0.3 is 19.6 Å². The summed E-state index contributed by atoms with van der Waals surface area (Å²) in [7, 11) is 0. The van der Waals surface area contributed by atoms with Crippen LogP contribution in [0.15, 0.2) is 16.7 Å². The molecule has 1 aromatic heterocycles. The second-order valence-corrected chi connectivity index (χ2v) is 4.68. The molecule has 1 aromatic rings. The lowest BCUT2D eigenvalue weighted by atomic mass is 9.95. The molecule has 0 radical (unpaired) electrons. The van der Waals surface area contributed by atoms with E-state index in [2.05, 4.69) is 5.32 Å². The van der Waals surface area contributed by atoms with E-state index in [4.69, 9.17) is 14.3 Å². The number of aromatic carboxylic acids is 1. The molecule has 0 saturated carbocycles. The number of carbonyl (C=O) groups is 2. The molecule has 6 nitrogen and oxygen atoms in total. The number of amides is 1. The van der Waals surface area contributed by atoms with Gasteiger partial charge in [0.15, 0.2) is 5.76 Å². The number of nitrogens with one attached hydrogen (secondary N) is 1. The highest BCUT2D eigenvalue weighted by Crippen LogP contribution is 2.19. The molecule has 0 bridgehead atoms. The van der Waals surface area contributed by atoms with Gasteiger partial charge in [0, 0.05) is 12.7 Å². The summed E-state index contributed by atoms with van der Waals surface area (Å²) < 4.78 is 10.3. The van der Waals surface area contributed by atoms with Crippen molar-refractivity contribution < 1.29 is 23.8 Å². The molecule has 18 heavy (non-hydrogen) atoms. The molecular formula is C12H15NO5. The lowest BCUT2D eigenvalue weighted by Gasteiger charge is -2.33. The molecule has 1 saturated heterocycles. The first kappa shape index (κ1) is 12.6. The second-order valence-electron chi connectivity index (χ2n) is 4.68. The molecule has 1 aliphatic rings. The Hall–Kier alpha value is -1.82. The zero-order chi connectivity index (χ0) is 13.2. The molecule has 98 valence electrons. The quantitative estimate of drug-likeness (QED) is 0.847. The van der Waals surface area contributed by atoms with E-state index in [0.717, 1.165) is 19.1 Å². The van der Waals surface area contributed by atoms with Gasteiger partial charge in [0.25, 0.3) is 5.91 Å². The Labute approximate surface area is 104 Å². The maximum Gasteiger partial charge on any atom is 0.338 e. The minimum Gasteiger partial charge on any atom is -0.478 e. The number of rotatable bonds is 3. The van der Waals surface area contributed by atoms with Crippen LogP contribution in [0.2, 0.25) is 0 Å². The van der Waals surface area contributed by atoms with Crippen LogP contribution >= 0.6 is 0 Å². The summed E-state index contributed by atoms with van der Waals surface area (Å²) in [6, 6.07) is 1.21. The lowest BCUT2D eigenvalue weighted by molar-refractivity contribution is 0.0265. The number of furan rings is 1. The minimum absolute atomic E-state index is 0.000742. The predicted octanol–water partition coefficient (Wildman–Crippen LogP) is 1.28. The molecule has 0 aliphatic carbocycles. The summed E-state index contributed by atoms with van der Waals surface area (Å²) in [5.74, 6) is -1.54. The van der Waals surface area contributed by atoms with Crippen molar-refractivity contribution in [1.82, 2.24) is 5.32 Å². The fourth-order valence-electron chi connectivity index (χ4n) is 1.94. The molecule has 6 heteroatoms. The van der Waals surface area contributed by atoms with E-state index >= 15 is 0 Å². The first-order valence-corrected chi connectivity index (χ1v) is 5.72. The zero-order valence-electron chi connectivity index (χ0n) is 10.1. The smallest absolute Gasteiger partial charge is 0.338 e. The van der Waals surface area contributed by atoms with Crippen LogP contribution in [0.5, 0.6) is 0 Å². The number of hydrogen-bond donors (Lipinski definition) is 2. The van der Waals surface area contributed by atoms with Gasteiger partial charge in [0.05, 0.1) is 17.7 Å². The van der Waals surface area contributed by atoms with Gasteiger partial charge >= 0.3 is 5.97 Å². The third-order valence-electron chi connectivity index (χ3n) is 2.92. The molecule has 2 N–H and O–H groups in total. The van der Waals surface area contributed by atoms with Gasteiger partial charge in [0.2, 0.25) is 0 Å². The molecule has 0 spiro atoms. The summed E-state index contributed by atoms with van der Waals surface area (Å²) in [5, 5.41) is 11.6. The highest BCUT2D eigenvalue weighted by molar-refractivity contribution is 5.95. The summed E-state index contributed by atoms with van der Waals surface area (Å²) in [4.78, 5) is 22.6. The Morgan fingerprint density at radius 1 is 1.50 bits per heavy atom. The van der Waals surface area contributed by atoms with E-state index < -0.39 is 17.4 Å². The van der Waals surface area contributed by atoms with Crippen LogP contribution < -0.4 is 5.32 Å². The number of hydrogen-bond acceptors (Lipinski definition) is 4. The van der Waals surface area contributed by atoms with Gasteiger partial charge in [-0.2, -0.15) is 0 Å². The van der Waals surface area contributed by atoms with Crippen molar-refractivity contribution in [2.24, 2.45) is 0 Å². The Kier molecular flexibility index (Phi) is 3.38. The monoisotopic (exact) mass is 253 g/mol. The Balaban J connectivity index is 2.04. The number of carboxylic acid groups (broad SMARTS) is 1. The maximum absolute atomic E-state index is 11.9. The SMILES string of the molecule is CC1(NC(=O)c2cc(C(=O)O)co2)CCCOC1. The van der Waals surface area contributed by atoms with Crippen molar-refractivity contribution in [2.45, 2.75) is 25.3 Å². The molecule has 2 rings (SSSR count). The number of ether oxygens (including phenoxy) is 1. The average molecular weight is 253 g/mol. The van der Waals surface area contributed by atoms with Crippen LogP contribution in [-0.4, -0.2) is 35.7 Å². The lowest BCUT2D eigenvalue weighted by Crippen LogP contribution is -2.51. The van der Waals surface area contributed by atoms with Crippen molar-refractivity contribution in [2.75, 3.05) is 13.2 Å². The summed E-state index contributed by atoms with van der Waals surface area (Å²) in [5.41, 5.74) is -0.462. The van der Waals surface area contributed by atoms with Crippen molar-refractivity contribution in [3.05, 3.63) is 23.7 Å². The molecular weight excluding hydrogens is 238 g/mol. The average Bonchev–Trinajstić information content (AvgIpc) is 2.78. The topological polar surface area (TPSA) is 88.8 Å². The largest absolute Gasteiger partial charge is 0.478 e. The molecule has 0 aromatic carbocycles. The molecule has 2 heterocycles. The Bertz CT molecular complexity index is 459. The molecule has 1 unspecified atom stereocenters. The fraction of sp³-hybridized carbons (Fsp3) is 0.500. The standard InChI is InChI=1S/C12H15NO5/c1-12(3-2-4-17-7-12)13-10(14)9-5-8(6-18-9)11(15)16/h5-6H,2-4,7H2,1H3,(H,13,14)(H,15,16). The van der Waals surface area contributed by atoms with E-state index in [0.29, 0.717) is 13.2 Å². The van der Waals surface area contributed by atoms with Crippen molar-refractivity contribution in [1.29, 1.82) is 0 Å². The van der Waals surface area contributed by atoms with E-state index in [1.807, 2.05) is 6.92 Å². The Morgan fingerprint density at radius 3 is 2.83 bits per heavy atom. The highest BCUT2D eigenvalue weighted by Gasteiger charge is 2.30.